The van der Waals surface area contributed by atoms with Crippen LogP contribution in [0.2, 0.25) is 0 Å². The smallest absolute Gasteiger partial charge is 0.0771 e. The van der Waals surface area contributed by atoms with E-state index < -0.39 is 5.60 Å². The molecule has 88 valence electrons. The molecular weight excluding hydrogens is 208 g/mol. The Balaban J connectivity index is 1.96. The molecule has 2 nitrogen and oxygen atoms in total. The van der Waals surface area contributed by atoms with Crippen molar-refractivity contribution >= 4 is 11.8 Å². The van der Waals surface area contributed by atoms with Crippen molar-refractivity contribution in [1.29, 1.82) is 0 Å². The van der Waals surface area contributed by atoms with Gasteiger partial charge in [0.05, 0.1) is 12.2 Å². The van der Waals surface area contributed by atoms with Gasteiger partial charge in [0.2, 0.25) is 0 Å². The first-order valence-corrected chi connectivity index (χ1v) is 7.07. The molecule has 3 rings (SSSR count). The predicted octanol–water partition coefficient (Wildman–Crippen LogP) is 1.90. The van der Waals surface area contributed by atoms with Gasteiger partial charge in [-0.1, -0.05) is 13.8 Å². The molecule has 3 aliphatic rings. The lowest BCUT2D eigenvalue weighted by molar-refractivity contribution is -0.190. The first kappa shape index (κ1) is 11.7. The molecule has 0 heterocycles. The van der Waals surface area contributed by atoms with E-state index in [2.05, 4.69) is 13.8 Å². The van der Waals surface area contributed by atoms with Gasteiger partial charge in [-0.05, 0) is 36.5 Å². The molecule has 3 aliphatic carbocycles. The first-order chi connectivity index (χ1) is 7.00. The van der Waals surface area contributed by atoms with Gasteiger partial charge in [-0.15, -0.1) is 0 Å². The van der Waals surface area contributed by atoms with E-state index in [1.54, 1.807) is 11.8 Å². The van der Waals surface area contributed by atoms with Crippen LogP contribution in [0.25, 0.3) is 0 Å². The molecule has 0 saturated heterocycles. The minimum absolute atomic E-state index is 0.220. The van der Waals surface area contributed by atoms with E-state index in [0.29, 0.717) is 11.3 Å². The topological polar surface area (TPSA) is 40.5 Å². The first-order valence-electron chi connectivity index (χ1n) is 5.92. The number of fused-ring (bicyclic) bond motifs is 2. The minimum Gasteiger partial charge on any atom is -0.396 e. The summed E-state index contributed by atoms with van der Waals surface area (Å²) in [4.78, 5) is 0. The van der Waals surface area contributed by atoms with Gasteiger partial charge in [-0.3, -0.25) is 0 Å². The lowest BCUT2D eigenvalue weighted by atomic mass is 9.44. The van der Waals surface area contributed by atoms with Crippen molar-refractivity contribution in [3.8, 4) is 0 Å². The Morgan fingerprint density at radius 1 is 1.40 bits per heavy atom. The molecule has 0 amide bonds. The maximum Gasteiger partial charge on any atom is 0.0771 e. The molecule has 0 radical (unpaired) electrons. The Kier molecular flexibility index (Phi) is 3.08. The van der Waals surface area contributed by atoms with Gasteiger partial charge >= 0.3 is 0 Å². The van der Waals surface area contributed by atoms with Crippen molar-refractivity contribution in [2.24, 2.45) is 17.3 Å². The third-order valence-electron chi connectivity index (χ3n) is 4.63. The van der Waals surface area contributed by atoms with E-state index in [1.807, 2.05) is 0 Å². The van der Waals surface area contributed by atoms with Crippen LogP contribution >= 0.6 is 11.8 Å². The zero-order valence-corrected chi connectivity index (χ0v) is 10.5. The standard InChI is InChI=1S/C12H22O2S/c1-11(2)9-3-4-12(14,10(11)7-9)8-15-6-5-13/h9-10,13-14H,3-8H2,1-2H3. The number of hydrogen-bond donors (Lipinski definition) is 2. The third-order valence-corrected chi connectivity index (χ3v) is 5.81. The molecule has 0 aromatic carbocycles. The largest absolute Gasteiger partial charge is 0.396 e. The van der Waals surface area contributed by atoms with Crippen LogP contribution in [0.1, 0.15) is 33.1 Å². The molecule has 3 heteroatoms. The summed E-state index contributed by atoms with van der Waals surface area (Å²) in [5.74, 6) is 2.87. The molecule has 2 bridgehead atoms. The van der Waals surface area contributed by atoms with E-state index in [9.17, 15) is 5.11 Å². The van der Waals surface area contributed by atoms with Crippen molar-refractivity contribution in [2.75, 3.05) is 18.1 Å². The molecule has 0 spiro atoms. The Hall–Kier alpha value is 0.270. The number of aliphatic hydroxyl groups excluding tert-OH is 1. The quantitative estimate of drug-likeness (QED) is 0.725. The number of hydrogen-bond acceptors (Lipinski definition) is 3. The van der Waals surface area contributed by atoms with Crippen molar-refractivity contribution in [3.63, 3.8) is 0 Å². The molecular formula is C12H22O2S. The molecule has 3 unspecified atom stereocenters. The van der Waals surface area contributed by atoms with Crippen LogP contribution in [0.3, 0.4) is 0 Å². The van der Waals surface area contributed by atoms with Crippen LogP contribution in [-0.4, -0.2) is 33.9 Å². The van der Waals surface area contributed by atoms with Crippen molar-refractivity contribution in [1.82, 2.24) is 0 Å². The number of rotatable bonds is 4. The maximum absolute atomic E-state index is 10.6. The lowest BCUT2D eigenvalue weighted by Gasteiger charge is -2.63. The molecule has 15 heavy (non-hydrogen) atoms. The van der Waals surface area contributed by atoms with Gasteiger partial charge in [0, 0.05) is 11.5 Å². The second-order valence-electron chi connectivity index (χ2n) is 5.73. The number of aliphatic hydroxyl groups is 2. The Morgan fingerprint density at radius 3 is 2.67 bits per heavy atom. The Labute approximate surface area is 96.5 Å². The molecule has 2 N–H and O–H groups in total. The highest BCUT2D eigenvalue weighted by molar-refractivity contribution is 7.99. The summed E-state index contributed by atoms with van der Waals surface area (Å²) < 4.78 is 0. The van der Waals surface area contributed by atoms with Gasteiger partial charge in [0.1, 0.15) is 0 Å². The van der Waals surface area contributed by atoms with E-state index in [1.165, 1.54) is 12.8 Å². The fraction of sp³-hybridized carbons (Fsp3) is 1.00. The summed E-state index contributed by atoms with van der Waals surface area (Å²) in [5, 5.41) is 19.4. The van der Waals surface area contributed by atoms with Gasteiger partial charge in [0.25, 0.3) is 0 Å². The second kappa shape index (κ2) is 3.94. The fourth-order valence-electron chi connectivity index (χ4n) is 3.50. The third kappa shape index (κ3) is 1.83. The fourth-order valence-corrected chi connectivity index (χ4v) is 4.47. The highest BCUT2D eigenvalue weighted by Gasteiger charge is 2.60. The van der Waals surface area contributed by atoms with Crippen LogP contribution in [0.15, 0.2) is 0 Å². The summed E-state index contributed by atoms with van der Waals surface area (Å²) in [7, 11) is 0. The summed E-state index contributed by atoms with van der Waals surface area (Å²) in [5.41, 5.74) is -0.120. The van der Waals surface area contributed by atoms with Gasteiger partial charge in [-0.25, -0.2) is 0 Å². The highest BCUT2D eigenvalue weighted by atomic mass is 32.2. The lowest BCUT2D eigenvalue weighted by Crippen LogP contribution is -2.62. The predicted molar refractivity (Wildman–Crippen MR) is 64.0 cm³/mol. The Morgan fingerprint density at radius 2 is 2.13 bits per heavy atom. The molecule has 0 aromatic heterocycles. The maximum atomic E-state index is 10.6. The van der Waals surface area contributed by atoms with Crippen molar-refractivity contribution in [3.05, 3.63) is 0 Å². The summed E-state index contributed by atoms with van der Waals surface area (Å²) in [6.07, 6.45) is 3.35. The van der Waals surface area contributed by atoms with E-state index in [4.69, 9.17) is 5.11 Å². The normalized spacial score (nSPS) is 42.4. The highest BCUT2D eigenvalue weighted by Crippen LogP contribution is 2.63. The molecule has 0 aromatic rings. The zero-order valence-electron chi connectivity index (χ0n) is 9.70. The zero-order chi connectivity index (χ0) is 11.1. The van der Waals surface area contributed by atoms with E-state index >= 15 is 0 Å². The van der Waals surface area contributed by atoms with Crippen molar-refractivity contribution < 1.29 is 10.2 Å². The molecule has 3 saturated carbocycles. The van der Waals surface area contributed by atoms with Crippen LogP contribution in [0.5, 0.6) is 0 Å². The summed E-state index contributed by atoms with van der Waals surface area (Å²) in [6.45, 7) is 4.82. The number of thioether (sulfide) groups is 1. The average molecular weight is 230 g/mol. The molecule has 3 atom stereocenters. The SMILES string of the molecule is CC1(C)C2CCC(O)(CSCCO)C1C2. The van der Waals surface area contributed by atoms with E-state index in [-0.39, 0.29) is 6.61 Å². The van der Waals surface area contributed by atoms with Crippen LogP contribution in [0, 0.1) is 17.3 Å². The second-order valence-corrected chi connectivity index (χ2v) is 6.83. The molecule has 3 fully saturated rings. The van der Waals surface area contributed by atoms with Crippen molar-refractivity contribution in [2.45, 2.75) is 38.7 Å². The Bertz CT molecular complexity index is 240. The van der Waals surface area contributed by atoms with E-state index in [0.717, 1.165) is 23.8 Å². The van der Waals surface area contributed by atoms with Crippen LogP contribution in [-0.2, 0) is 0 Å². The monoisotopic (exact) mass is 230 g/mol. The average Bonchev–Trinajstić information content (AvgIpc) is 2.17. The van der Waals surface area contributed by atoms with Gasteiger partial charge in [-0.2, -0.15) is 11.8 Å². The van der Waals surface area contributed by atoms with Gasteiger partial charge < -0.3 is 10.2 Å². The van der Waals surface area contributed by atoms with Gasteiger partial charge in [0.15, 0.2) is 0 Å². The van der Waals surface area contributed by atoms with Crippen LogP contribution < -0.4 is 0 Å². The summed E-state index contributed by atoms with van der Waals surface area (Å²) >= 11 is 1.69. The molecule has 0 aliphatic heterocycles. The van der Waals surface area contributed by atoms with Crippen LogP contribution in [0.4, 0.5) is 0 Å². The minimum atomic E-state index is -0.460. The summed E-state index contributed by atoms with van der Waals surface area (Å²) in [6, 6.07) is 0.